The lowest BCUT2D eigenvalue weighted by Crippen LogP contribution is -2.17. The smallest absolute Gasteiger partial charge is 0.286 e. The van der Waals surface area contributed by atoms with Crippen LogP contribution in [0.1, 0.15) is 30.4 Å². The molecule has 5 heteroatoms. The summed E-state index contributed by atoms with van der Waals surface area (Å²) in [7, 11) is 0. The van der Waals surface area contributed by atoms with Gasteiger partial charge in [0.1, 0.15) is 5.65 Å². The predicted molar refractivity (Wildman–Crippen MR) is 58.9 cm³/mol. The summed E-state index contributed by atoms with van der Waals surface area (Å²) in [4.78, 5) is 19.2. The Morgan fingerprint density at radius 3 is 2.94 bits per heavy atom. The lowest BCUT2D eigenvalue weighted by Gasteiger charge is -2.11. The minimum Gasteiger partial charge on any atom is -0.363 e. The maximum atomic E-state index is 11.0. The summed E-state index contributed by atoms with van der Waals surface area (Å²) in [5, 5.41) is 0.943. The summed E-state index contributed by atoms with van der Waals surface area (Å²) in [6.45, 7) is 2.18. The van der Waals surface area contributed by atoms with E-state index in [2.05, 4.69) is 21.5 Å². The first-order chi connectivity index (χ1) is 7.60. The molecule has 0 saturated heterocycles. The second-order valence-corrected chi connectivity index (χ2v) is 4.52. The van der Waals surface area contributed by atoms with E-state index in [0.717, 1.165) is 23.9 Å². The average Bonchev–Trinajstić information content (AvgIpc) is 2.86. The van der Waals surface area contributed by atoms with E-state index in [9.17, 15) is 4.79 Å². The number of primary amides is 1. The molecule has 1 saturated carbocycles. The van der Waals surface area contributed by atoms with Gasteiger partial charge in [-0.3, -0.25) is 4.79 Å². The molecule has 3 rings (SSSR count). The van der Waals surface area contributed by atoms with E-state index in [1.54, 1.807) is 6.20 Å². The lowest BCUT2D eigenvalue weighted by molar-refractivity contribution is 0.0990. The second-order valence-electron chi connectivity index (χ2n) is 4.52. The Morgan fingerprint density at radius 1 is 1.56 bits per heavy atom. The fourth-order valence-electron chi connectivity index (χ4n) is 1.89. The number of nitrogens with zero attached hydrogens (tertiary/aromatic N) is 3. The zero-order valence-electron chi connectivity index (χ0n) is 8.97. The number of rotatable bonds is 2. The van der Waals surface area contributed by atoms with Crippen LogP contribution in [0.25, 0.3) is 11.0 Å². The normalized spacial score (nSPS) is 17.6. The number of fused-ring (bicyclic) bond motifs is 1. The zero-order chi connectivity index (χ0) is 11.3. The fourth-order valence-corrected chi connectivity index (χ4v) is 1.89. The molecule has 0 spiro atoms. The van der Waals surface area contributed by atoms with Crippen molar-refractivity contribution in [2.24, 2.45) is 5.73 Å². The maximum absolute atomic E-state index is 11.0. The summed E-state index contributed by atoms with van der Waals surface area (Å²) in [6, 6.07) is 1.96. The molecule has 2 heterocycles. The van der Waals surface area contributed by atoms with Gasteiger partial charge >= 0.3 is 0 Å². The average molecular weight is 216 g/mol. The molecular weight excluding hydrogens is 204 g/mol. The topological polar surface area (TPSA) is 73.8 Å². The van der Waals surface area contributed by atoms with Crippen LogP contribution < -0.4 is 5.73 Å². The highest BCUT2D eigenvalue weighted by molar-refractivity contribution is 5.90. The van der Waals surface area contributed by atoms with Gasteiger partial charge in [0.25, 0.3) is 5.91 Å². The van der Waals surface area contributed by atoms with Crippen molar-refractivity contribution in [1.29, 1.82) is 0 Å². The Labute approximate surface area is 92.3 Å². The Balaban J connectivity index is 2.23. The molecule has 0 aromatic carbocycles. The molecule has 1 aliphatic carbocycles. The second kappa shape index (κ2) is 2.81. The maximum Gasteiger partial charge on any atom is 0.286 e. The van der Waals surface area contributed by atoms with E-state index in [-0.39, 0.29) is 11.4 Å². The van der Waals surface area contributed by atoms with Crippen LogP contribution in [0.4, 0.5) is 0 Å². The van der Waals surface area contributed by atoms with Crippen molar-refractivity contribution in [3.05, 3.63) is 24.3 Å². The number of aromatic nitrogens is 3. The number of nitrogens with two attached hydrogens (primary N) is 1. The molecular formula is C11H12N4O. The molecule has 1 amide bonds. The predicted octanol–water partition coefficient (Wildman–Crippen LogP) is 1.04. The van der Waals surface area contributed by atoms with Crippen molar-refractivity contribution in [3.8, 4) is 0 Å². The first kappa shape index (κ1) is 9.33. The molecule has 1 fully saturated rings. The molecule has 0 unspecified atom stereocenters. The standard InChI is InChI=1S/C11H12N4O/c1-11(3-4-11)15-5-2-7-6-13-9(8(12)16)14-10(7)15/h2,5-6H,3-4H2,1H3,(H2,12,16). The van der Waals surface area contributed by atoms with Gasteiger partial charge in [0.2, 0.25) is 5.82 Å². The van der Waals surface area contributed by atoms with Crippen molar-refractivity contribution >= 4 is 16.9 Å². The van der Waals surface area contributed by atoms with Gasteiger partial charge in [0, 0.05) is 23.3 Å². The summed E-state index contributed by atoms with van der Waals surface area (Å²) < 4.78 is 2.11. The van der Waals surface area contributed by atoms with Crippen LogP contribution in [-0.2, 0) is 5.54 Å². The minimum atomic E-state index is -0.587. The first-order valence-electron chi connectivity index (χ1n) is 5.25. The van der Waals surface area contributed by atoms with Crippen molar-refractivity contribution in [2.45, 2.75) is 25.3 Å². The number of carbonyl (C=O) groups excluding carboxylic acids is 1. The van der Waals surface area contributed by atoms with Crippen LogP contribution >= 0.6 is 0 Å². The van der Waals surface area contributed by atoms with Crippen molar-refractivity contribution in [3.63, 3.8) is 0 Å². The number of carbonyl (C=O) groups is 1. The Bertz CT molecular complexity index is 583. The third-order valence-corrected chi connectivity index (χ3v) is 3.20. The first-order valence-corrected chi connectivity index (χ1v) is 5.25. The fraction of sp³-hybridized carbons (Fsp3) is 0.364. The minimum absolute atomic E-state index is 0.0803. The largest absolute Gasteiger partial charge is 0.363 e. The highest BCUT2D eigenvalue weighted by Crippen LogP contribution is 2.44. The van der Waals surface area contributed by atoms with E-state index < -0.39 is 5.91 Å². The van der Waals surface area contributed by atoms with Crippen LogP contribution in [0.3, 0.4) is 0 Å². The van der Waals surface area contributed by atoms with Gasteiger partial charge in [-0.2, -0.15) is 0 Å². The van der Waals surface area contributed by atoms with Crippen LogP contribution in [0.2, 0.25) is 0 Å². The lowest BCUT2D eigenvalue weighted by atomic mass is 10.3. The van der Waals surface area contributed by atoms with Gasteiger partial charge in [-0.1, -0.05) is 0 Å². The zero-order valence-corrected chi connectivity index (χ0v) is 8.97. The molecule has 1 aliphatic rings. The highest BCUT2D eigenvalue weighted by atomic mass is 16.1. The molecule has 2 aromatic rings. The Morgan fingerprint density at radius 2 is 2.31 bits per heavy atom. The molecule has 16 heavy (non-hydrogen) atoms. The van der Waals surface area contributed by atoms with Gasteiger partial charge in [0.15, 0.2) is 0 Å². The third-order valence-electron chi connectivity index (χ3n) is 3.20. The molecule has 82 valence electrons. The van der Waals surface area contributed by atoms with Crippen molar-refractivity contribution in [1.82, 2.24) is 14.5 Å². The molecule has 0 aliphatic heterocycles. The summed E-state index contributed by atoms with van der Waals surface area (Å²) in [6.07, 6.45) is 5.93. The summed E-state index contributed by atoms with van der Waals surface area (Å²) >= 11 is 0. The molecule has 5 nitrogen and oxygen atoms in total. The van der Waals surface area contributed by atoms with E-state index >= 15 is 0 Å². The van der Waals surface area contributed by atoms with E-state index in [4.69, 9.17) is 5.73 Å². The van der Waals surface area contributed by atoms with E-state index in [0.29, 0.717) is 0 Å². The van der Waals surface area contributed by atoms with Gasteiger partial charge in [-0.15, -0.1) is 0 Å². The van der Waals surface area contributed by atoms with E-state index in [1.165, 1.54) is 0 Å². The number of hydrogen-bond donors (Lipinski definition) is 1. The quantitative estimate of drug-likeness (QED) is 0.815. The number of hydrogen-bond acceptors (Lipinski definition) is 3. The highest BCUT2D eigenvalue weighted by Gasteiger charge is 2.40. The van der Waals surface area contributed by atoms with Gasteiger partial charge in [-0.25, -0.2) is 9.97 Å². The SMILES string of the molecule is CC1(n2ccc3cnc(C(N)=O)nc32)CC1. The monoisotopic (exact) mass is 216 g/mol. The van der Waals surface area contributed by atoms with Gasteiger partial charge in [0.05, 0.1) is 0 Å². The van der Waals surface area contributed by atoms with Gasteiger partial charge < -0.3 is 10.3 Å². The molecule has 2 aromatic heterocycles. The van der Waals surface area contributed by atoms with Crippen LogP contribution in [-0.4, -0.2) is 20.4 Å². The van der Waals surface area contributed by atoms with Crippen LogP contribution in [0.5, 0.6) is 0 Å². The summed E-state index contributed by atoms with van der Waals surface area (Å²) in [5.74, 6) is -0.507. The molecule has 0 atom stereocenters. The third kappa shape index (κ3) is 1.21. The van der Waals surface area contributed by atoms with Crippen LogP contribution in [0, 0.1) is 0 Å². The van der Waals surface area contributed by atoms with Crippen LogP contribution in [0.15, 0.2) is 18.5 Å². The number of amides is 1. The molecule has 0 radical (unpaired) electrons. The Kier molecular flexibility index (Phi) is 1.64. The van der Waals surface area contributed by atoms with Crippen molar-refractivity contribution < 1.29 is 4.79 Å². The van der Waals surface area contributed by atoms with Crippen molar-refractivity contribution in [2.75, 3.05) is 0 Å². The molecule has 2 N–H and O–H groups in total. The Hall–Kier alpha value is -1.91. The molecule has 0 bridgehead atoms. The van der Waals surface area contributed by atoms with Gasteiger partial charge in [-0.05, 0) is 25.8 Å². The summed E-state index contributed by atoms with van der Waals surface area (Å²) in [5.41, 5.74) is 6.13. The van der Waals surface area contributed by atoms with E-state index in [1.807, 2.05) is 12.3 Å².